The predicted molar refractivity (Wildman–Crippen MR) is 46.4 cm³/mol. The van der Waals surface area contributed by atoms with E-state index in [4.69, 9.17) is 10.8 Å². The number of halogens is 3. The van der Waals surface area contributed by atoms with Gasteiger partial charge in [-0.1, -0.05) is 12.1 Å². The summed E-state index contributed by atoms with van der Waals surface area (Å²) in [5, 5.41) is 8.57. The van der Waals surface area contributed by atoms with Gasteiger partial charge >= 0.3 is 12.1 Å². The number of alkyl halides is 3. The molecule has 0 amide bonds. The first-order chi connectivity index (χ1) is 6.82. The quantitative estimate of drug-likeness (QED) is 0.798. The Balaban J connectivity index is 3.06. The van der Waals surface area contributed by atoms with Crippen LogP contribution in [0.3, 0.4) is 0 Å². The normalized spacial score (nSPS) is 13.6. The second-order valence-corrected chi connectivity index (χ2v) is 2.95. The Morgan fingerprint density at radius 3 is 2.47 bits per heavy atom. The summed E-state index contributed by atoms with van der Waals surface area (Å²) in [5.74, 6) is -1.29. The SMILES string of the molecule is N[C@@H](c1cccc(C(=O)O)c1)C(F)(F)F. The van der Waals surface area contributed by atoms with Gasteiger partial charge < -0.3 is 10.8 Å². The molecular formula is C9H8F3NO2. The standard InChI is InChI=1S/C9H8F3NO2/c10-9(11,12)7(13)5-2-1-3-6(4-5)8(14)15/h1-4,7H,13H2,(H,14,15)/t7-/m0/s1. The highest BCUT2D eigenvalue weighted by atomic mass is 19.4. The van der Waals surface area contributed by atoms with Crippen molar-refractivity contribution in [3.05, 3.63) is 35.4 Å². The number of hydrogen-bond donors (Lipinski definition) is 2. The summed E-state index contributed by atoms with van der Waals surface area (Å²) in [5.41, 5.74) is 4.45. The van der Waals surface area contributed by atoms with E-state index in [0.717, 1.165) is 12.1 Å². The molecule has 3 N–H and O–H groups in total. The Kier molecular flexibility index (Phi) is 2.99. The van der Waals surface area contributed by atoms with E-state index in [9.17, 15) is 18.0 Å². The highest BCUT2D eigenvalue weighted by Gasteiger charge is 2.37. The van der Waals surface area contributed by atoms with E-state index in [1.54, 1.807) is 0 Å². The Bertz CT molecular complexity index is 376. The van der Waals surface area contributed by atoms with Gasteiger partial charge in [0, 0.05) is 0 Å². The van der Waals surface area contributed by atoms with Crippen LogP contribution in [0.5, 0.6) is 0 Å². The zero-order valence-corrected chi connectivity index (χ0v) is 7.45. The van der Waals surface area contributed by atoms with E-state index in [1.807, 2.05) is 0 Å². The maximum atomic E-state index is 12.2. The van der Waals surface area contributed by atoms with E-state index in [-0.39, 0.29) is 11.1 Å². The highest BCUT2D eigenvalue weighted by Crippen LogP contribution is 2.30. The van der Waals surface area contributed by atoms with Crippen molar-refractivity contribution in [3.63, 3.8) is 0 Å². The monoisotopic (exact) mass is 219 g/mol. The number of benzene rings is 1. The first-order valence-electron chi connectivity index (χ1n) is 3.98. The van der Waals surface area contributed by atoms with Crippen LogP contribution in [0.2, 0.25) is 0 Å². The highest BCUT2D eigenvalue weighted by molar-refractivity contribution is 5.87. The van der Waals surface area contributed by atoms with Crippen LogP contribution in [0, 0.1) is 0 Å². The Hall–Kier alpha value is -1.56. The molecule has 0 aliphatic carbocycles. The molecule has 1 aromatic rings. The van der Waals surface area contributed by atoms with Crippen molar-refractivity contribution in [2.24, 2.45) is 5.73 Å². The number of nitrogens with two attached hydrogens (primary N) is 1. The van der Waals surface area contributed by atoms with Gasteiger partial charge in [0.05, 0.1) is 5.56 Å². The first-order valence-corrected chi connectivity index (χ1v) is 3.98. The Labute approximate surface area is 83.3 Å². The predicted octanol–water partition coefficient (Wildman–Crippen LogP) is 1.95. The fourth-order valence-electron chi connectivity index (χ4n) is 1.05. The summed E-state index contributed by atoms with van der Waals surface area (Å²) in [6.45, 7) is 0. The average Bonchev–Trinajstić information content (AvgIpc) is 2.15. The molecule has 1 rings (SSSR count). The van der Waals surface area contributed by atoms with Gasteiger partial charge in [0.25, 0.3) is 0 Å². The van der Waals surface area contributed by atoms with Crippen molar-refractivity contribution in [1.29, 1.82) is 0 Å². The van der Waals surface area contributed by atoms with Gasteiger partial charge in [0.1, 0.15) is 6.04 Å². The molecule has 0 fully saturated rings. The summed E-state index contributed by atoms with van der Waals surface area (Å²) >= 11 is 0. The lowest BCUT2D eigenvalue weighted by Gasteiger charge is -2.15. The molecule has 0 radical (unpaired) electrons. The van der Waals surface area contributed by atoms with Crippen molar-refractivity contribution in [1.82, 2.24) is 0 Å². The van der Waals surface area contributed by atoms with Crippen LogP contribution in [0.1, 0.15) is 22.0 Å². The minimum Gasteiger partial charge on any atom is -0.478 e. The molecule has 0 aliphatic heterocycles. The molecule has 0 saturated heterocycles. The molecule has 0 unspecified atom stereocenters. The smallest absolute Gasteiger partial charge is 0.407 e. The second kappa shape index (κ2) is 3.90. The molecule has 1 aromatic carbocycles. The van der Waals surface area contributed by atoms with E-state index in [2.05, 4.69) is 0 Å². The van der Waals surface area contributed by atoms with Gasteiger partial charge in [-0.2, -0.15) is 13.2 Å². The molecule has 15 heavy (non-hydrogen) atoms. The molecule has 0 bridgehead atoms. The molecule has 82 valence electrons. The molecule has 6 heteroatoms. The number of rotatable bonds is 2. The van der Waals surface area contributed by atoms with Crippen LogP contribution in [0.4, 0.5) is 13.2 Å². The van der Waals surface area contributed by atoms with E-state index in [1.165, 1.54) is 12.1 Å². The van der Waals surface area contributed by atoms with Crippen LogP contribution in [0.15, 0.2) is 24.3 Å². The minimum absolute atomic E-state index is 0.216. The summed E-state index contributed by atoms with van der Waals surface area (Å²) in [6.07, 6.45) is -4.57. The molecular weight excluding hydrogens is 211 g/mol. The van der Waals surface area contributed by atoms with Gasteiger partial charge in [-0.3, -0.25) is 0 Å². The van der Waals surface area contributed by atoms with E-state index < -0.39 is 18.2 Å². The average molecular weight is 219 g/mol. The van der Waals surface area contributed by atoms with Crippen molar-refractivity contribution in [2.75, 3.05) is 0 Å². The molecule has 0 heterocycles. The second-order valence-electron chi connectivity index (χ2n) is 2.95. The lowest BCUT2D eigenvalue weighted by Crippen LogP contribution is -2.28. The zero-order valence-electron chi connectivity index (χ0n) is 7.45. The Morgan fingerprint density at radius 1 is 1.40 bits per heavy atom. The topological polar surface area (TPSA) is 63.3 Å². The zero-order chi connectivity index (χ0) is 11.6. The summed E-state index contributed by atoms with van der Waals surface area (Å²) in [6, 6.07) is 2.33. The first kappa shape index (κ1) is 11.5. The molecule has 3 nitrogen and oxygen atoms in total. The third-order valence-electron chi connectivity index (χ3n) is 1.85. The molecule has 0 aliphatic rings. The van der Waals surface area contributed by atoms with Gasteiger partial charge in [0.15, 0.2) is 0 Å². The van der Waals surface area contributed by atoms with Gasteiger partial charge in [-0.05, 0) is 17.7 Å². The van der Waals surface area contributed by atoms with Crippen LogP contribution in [0.25, 0.3) is 0 Å². The minimum atomic E-state index is -4.57. The van der Waals surface area contributed by atoms with Crippen molar-refractivity contribution < 1.29 is 23.1 Å². The van der Waals surface area contributed by atoms with E-state index in [0.29, 0.717) is 0 Å². The van der Waals surface area contributed by atoms with Crippen LogP contribution in [-0.4, -0.2) is 17.3 Å². The van der Waals surface area contributed by atoms with Gasteiger partial charge in [-0.15, -0.1) is 0 Å². The van der Waals surface area contributed by atoms with E-state index >= 15 is 0 Å². The van der Waals surface area contributed by atoms with Crippen LogP contribution in [-0.2, 0) is 0 Å². The van der Waals surface area contributed by atoms with Crippen molar-refractivity contribution >= 4 is 5.97 Å². The maximum absolute atomic E-state index is 12.2. The number of aromatic carboxylic acids is 1. The largest absolute Gasteiger partial charge is 0.478 e. The maximum Gasteiger partial charge on any atom is 0.407 e. The number of carboxylic acid groups (broad SMARTS) is 1. The molecule has 0 saturated carbocycles. The van der Waals surface area contributed by atoms with Gasteiger partial charge in [0.2, 0.25) is 0 Å². The van der Waals surface area contributed by atoms with Crippen molar-refractivity contribution in [2.45, 2.75) is 12.2 Å². The van der Waals surface area contributed by atoms with Gasteiger partial charge in [-0.25, -0.2) is 4.79 Å². The summed E-state index contributed by atoms with van der Waals surface area (Å²) in [7, 11) is 0. The summed E-state index contributed by atoms with van der Waals surface area (Å²) in [4.78, 5) is 10.5. The summed E-state index contributed by atoms with van der Waals surface area (Å²) < 4.78 is 36.6. The fourth-order valence-corrected chi connectivity index (χ4v) is 1.05. The number of carbonyl (C=O) groups is 1. The fraction of sp³-hybridized carbons (Fsp3) is 0.222. The third kappa shape index (κ3) is 2.69. The van der Waals surface area contributed by atoms with Crippen molar-refractivity contribution in [3.8, 4) is 0 Å². The number of hydrogen-bond acceptors (Lipinski definition) is 2. The van der Waals surface area contributed by atoms with Crippen LogP contribution < -0.4 is 5.73 Å². The lowest BCUT2D eigenvalue weighted by atomic mass is 10.0. The number of carboxylic acids is 1. The third-order valence-corrected chi connectivity index (χ3v) is 1.85. The lowest BCUT2D eigenvalue weighted by molar-refractivity contribution is -0.149. The Morgan fingerprint density at radius 2 is 2.00 bits per heavy atom. The van der Waals surface area contributed by atoms with Crippen LogP contribution >= 0.6 is 0 Å². The molecule has 0 aromatic heterocycles. The molecule has 1 atom stereocenters. The molecule has 0 spiro atoms.